The predicted octanol–water partition coefficient (Wildman–Crippen LogP) is 2.04. The van der Waals surface area contributed by atoms with Crippen LogP contribution < -0.4 is 5.32 Å². The van der Waals surface area contributed by atoms with E-state index in [2.05, 4.69) is 20.5 Å². The standard InChI is InChI=1S/C12H12N4O2S/c17-10(8-3-5-13-6-4-8)14-12-16-15-11(19-12)9-2-1-7-18-9/h3-6,9H,1-2,7H2,(H,14,16,17)/t9-/m1/s1. The van der Waals surface area contributed by atoms with Crippen LogP contribution in [0.3, 0.4) is 0 Å². The van der Waals surface area contributed by atoms with Crippen LogP contribution in [0, 0.1) is 0 Å². The quantitative estimate of drug-likeness (QED) is 0.928. The van der Waals surface area contributed by atoms with Gasteiger partial charge in [0.2, 0.25) is 5.13 Å². The Balaban J connectivity index is 1.68. The second kappa shape index (κ2) is 5.41. The van der Waals surface area contributed by atoms with E-state index in [1.165, 1.54) is 11.3 Å². The molecule has 1 aliphatic heterocycles. The van der Waals surface area contributed by atoms with Crippen molar-refractivity contribution in [1.82, 2.24) is 15.2 Å². The van der Waals surface area contributed by atoms with E-state index < -0.39 is 0 Å². The average molecular weight is 276 g/mol. The van der Waals surface area contributed by atoms with Crippen molar-refractivity contribution in [2.45, 2.75) is 18.9 Å². The van der Waals surface area contributed by atoms with Crippen LogP contribution in [0.2, 0.25) is 0 Å². The number of carbonyl (C=O) groups is 1. The molecule has 98 valence electrons. The monoisotopic (exact) mass is 276 g/mol. The van der Waals surface area contributed by atoms with Crippen molar-refractivity contribution in [1.29, 1.82) is 0 Å². The zero-order valence-electron chi connectivity index (χ0n) is 10.1. The van der Waals surface area contributed by atoms with Gasteiger partial charge >= 0.3 is 0 Å². The van der Waals surface area contributed by atoms with E-state index in [0.717, 1.165) is 24.5 Å². The average Bonchev–Trinajstić information content (AvgIpc) is 3.10. The number of hydrogen-bond donors (Lipinski definition) is 1. The molecule has 1 N–H and O–H groups in total. The molecule has 0 spiro atoms. The maximum atomic E-state index is 11.9. The number of ether oxygens (including phenoxy) is 1. The van der Waals surface area contributed by atoms with Crippen molar-refractivity contribution >= 4 is 22.4 Å². The highest BCUT2D eigenvalue weighted by molar-refractivity contribution is 7.15. The number of anilines is 1. The summed E-state index contributed by atoms with van der Waals surface area (Å²) in [5, 5.41) is 12.1. The molecule has 3 heterocycles. The largest absolute Gasteiger partial charge is 0.371 e. The first-order valence-electron chi connectivity index (χ1n) is 5.99. The Kier molecular flexibility index (Phi) is 3.47. The summed E-state index contributed by atoms with van der Waals surface area (Å²) in [6.07, 6.45) is 5.19. The number of pyridine rings is 1. The molecule has 2 aromatic heterocycles. The smallest absolute Gasteiger partial charge is 0.257 e. The zero-order valence-corrected chi connectivity index (χ0v) is 10.9. The van der Waals surface area contributed by atoms with Gasteiger partial charge in [-0.3, -0.25) is 15.1 Å². The Morgan fingerprint density at radius 1 is 1.37 bits per heavy atom. The van der Waals surface area contributed by atoms with Gasteiger partial charge in [-0.2, -0.15) is 0 Å². The Morgan fingerprint density at radius 3 is 2.95 bits per heavy atom. The third-order valence-electron chi connectivity index (χ3n) is 2.81. The minimum Gasteiger partial charge on any atom is -0.371 e. The summed E-state index contributed by atoms with van der Waals surface area (Å²) >= 11 is 1.36. The summed E-state index contributed by atoms with van der Waals surface area (Å²) in [7, 11) is 0. The molecule has 7 heteroatoms. The van der Waals surface area contributed by atoms with Gasteiger partial charge < -0.3 is 4.74 Å². The molecule has 3 rings (SSSR count). The molecule has 1 saturated heterocycles. The minimum atomic E-state index is -0.211. The van der Waals surface area contributed by atoms with Gasteiger partial charge in [0.25, 0.3) is 5.91 Å². The molecular weight excluding hydrogens is 264 g/mol. The highest BCUT2D eigenvalue weighted by Gasteiger charge is 2.22. The summed E-state index contributed by atoms with van der Waals surface area (Å²) in [6.45, 7) is 0.767. The fraction of sp³-hybridized carbons (Fsp3) is 0.333. The van der Waals surface area contributed by atoms with Gasteiger partial charge in [0.15, 0.2) is 0 Å². The van der Waals surface area contributed by atoms with Gasteiger partial charge in [-0.05, 0) is 25.0 Å². The highest BCUT2D eigenvalue weighted by atomic mass is 32.1. The summed E-state index contributed by atoms with van der Waals surface area (Å²) in [5.74, 6) is -0.211. The minimum absolute atomic E-state index is 0.0316. The fourth-order valence-corrected chi connectivity index (χ4v) is 2.68. The number of carbonyl (C=O) groups excluding carboxylic acids is 1. The van der Waals surface area contributed by atoms with Gasteiger partial charge in [0.1, 0.15) is 11.1 Å². The van der Waals surface area contributed by atoms with Crippen LogP contribution in [0.5, 0.6) is 0 Å². The summed E-state index contributed by atoms with van der Waals surface area (Å²) < 4.78 is 5.53. The number of nitrogens with one attached hydrogen (secondary N) is 1. The zero-order chi connectivity index (χ0) is 13.1. The SMILES string of the molecule is O=C(Nc1nnc([C@H]2CCCO2)s1)c1ccncc1. The van der Waals surface area contributed by atoms with Gasteiger partial charge in [-0.25, -0.2) is 0 Å². The van der Waals surface area contributed by atoms with Crippen LogP contribution in [0.15, 0.2) is 24.5 Å². The van der Waals surface area contributed by atoms with E-state index in [0.29, 0.717) is 10.7 Å². The summed E-state index contributed by atoms with van der Waals surface area (Å²) in [6, 6.07) is 3.30. The summed E-state index contributed by atoms with van der Waals surface area (Å²) in [4.78, 5) is 15.8. The molecule has 2 aromatic rings. The van der Waals surface area contributed by atoms with Crippen molar-refractivity contribution in [3.8, 4) is 0 Å². The number of rotatable bonds is 3. The van der Waals surface area contributed by atoms with Crippen molar-refractivity contribution in [3.63, 3.8) is 0 Å². The lowest BCUT2D eigenvalue weighted by molar-refractivity contribution is 0.102. The first kappa shape index (κ1) is 12.2. The molecule has 0 aliphatic carbocycles. The van der Waals surface area contributed by atoms with Crippen LogP contribution >= 0.6 is 11.3 Å². The third-order valence-corrected chi connectivity index (χ3v) is 3.74. The van der Waals surface area contributed by atoms with Crippen LogP contribution in [0.4, 0.5) is 5.13 Å². The lowest BCUT2D eigenvalue weighted by Crippen LogP contribution is -2.11. The van der Waals surface area contributed by atoms with Gasteiger partial charge in [0.05, 0.1) is 0 Å². The lowest BCUT2D eigenvalue weighted by atomic mass is 10.2. The van der Waals surface area contributed by atoms with Crippen molar-refractivity contribution in [2.24, 2.45) is 0 Å². The van der Waals surface area contributed by atoms with Crippen LogP contribution in [-0.2, 0) is 4.74 Å². The molecular formula is C12H12N4O2S. The Bertz CT molecular complexity index is 566. The number of aromatic nitrogens is 3. The van der Waals surface area contributed by atoms with E-state index in [1.54, 1.807) is 24.5 Å². The second-order valence-corrected chi connectivity index (χ2v) is 5.15. The number of nitrogens with zero attached hydrogens (tertiary/aromatic N) is 3. The van der Waals surface area contributed by atoms with Crippen molar-refractivity contribution in [2.75, 3.05) is 11.9 Å². The van der Waals surface area contributed by atoms with Crippen molar-refractivity contribution in [3.05, 3.63) is 35.1 Å². The molecule has 1 atom stereocenters. The van der Waals surface area contributed by atoms with Gasteiger partial charge in [0, 0.05) is 24.6 Å². The second-order valence-electron chi connectivity index (χ2n) is 4.14. The predicted molar refractivity (Wildman–Crippen MR) is 70.0 cm³/mol. The molecule has 0 saturated carbocycles. The first-order valence-corrected chi connectivity index (χ1v) is 6.81. The van der Waals surface area contributed by atoms with E-state index in [1.807, 2.05) is 0 Å². The third kappa shape index (κ3) is 2.77. The Labute approximate surface area is 113 Å². The molecule has 1 aliphatic rings. The lowest BCUT2D eigenvalue weighted by Gasteiger charge is -2.02. The molecule has 0 unspecified atom stereocenters. The summed E-state index contributed by atoms with van der Waals surface area (Å²) in [5.41, 5.74) is 0.545. The molecule has 1 fully saturated rings. The van der Waals surface area contributed by atoms with Crippen LogP contribution in [-0.4, -0.2) is 27.7 Å². The molecule has 6 nitrogen and oxygen atoms in total. The fourth-order valence-electron chi connectivity index (χ4n) is 1.86. The van der Waals surface area contributed by atoms with E-state index in [9.17, 15) is 4.79 Å². The molecule has 0 bridgehead atoms. The maximum Gasteiger partial charge on any atom is 0.257 e. The first-order chi connectivity index (χ1) is 9.33. The van der Waals surface area contributed by atoms with Crippen LogP contribution in [0.25, 0.3) is 0 Å². The Morgan fingerprint density at radius 2 is 2.21 bits per heavy atom. The van der Waals surface area contributed by atoms with E-state index in [4.69, 9.17) is 4.74 Å². The molecule has 0 radical (unpaired) electrons. The normalized spacial score (nSPS) is 18.4. The van der Waals surface area contributed by atoms with Gasteiger partial charge in [-0.15, -0.1) is 10.2 Å². The van der Waals surface area contributed by atoms with Crippen molar-refractivity contribution < 1.29 is 9.53 Å². The highest BCUT2D eigenvalue weighted by Crippen LogP contribution is 2.31. The van der Waals surface area contributed by atoms with Crippen LogP contribution in [0.1, 0.15) is 34.3 Å². The molecule has 1 amide bonds. The van der Waals surface area contributed by atoms with E-state index >= 15 is 0 Å². The molecule has 19 heavy (non-hydrogen) atoms. The number of hydrogen-bond acceptors (Lipinski definition) is 6. The van der Waals surface area contributed by atoms with Gasteiger partial charge in [-0.1, -0.05) is 11.3 Å². The Hall–Kier alpha value is -1.86. The van der Waals surface area contributed by atoms with E-state index in [-0.39, 0.29) is 12.0 Å². The topological polar surface area (TPSA) is 77.0 Å². The maximum absolute atomic E-state index is 11.9. The molecule has 0 aromatic carbocycles. The number of amides is 1.